The average molecular weight is 2050 g/mol. The van der Waals surface area contributed by atoms with Crippen LogP contribution in [0.5, 0.6) is 17.2 Å². The summed E-state index contributed by atoms with van der Waals surface area (Å²) in [5.74, 6) is -15.7. The van der Waals surface area contributed by atoms with Gasteiger partial charge >= 0.3 is 0 Å². The fourth-order valence-corrected chi connectivity index (χ4v) is 16.6. The highest BCUT2D eigenvalue weighted by atomic mass is 32.2. The third-order valence-electron chi connectivity index (χ3n) is 25.2. The minimum atomic E-state index is -1.54. The molecule has 7 rings (SSSR count). The number of thioether (sulfide) groups is 1. The van der Waals surface area contributed by atoms with Crippen LogP contribution in [0, 0.1) is 35.0 Å². The normalized spacial score (nSPS) is 14.9. The van der Waals surface area contributed by atoms with Gasteiger partial charge in [-0.15, -0.1) is 0 Å². The number of para-hydroxylation sites is 2. The van der Waals surface area contributed by atoms with Crippen molar-refractivity contribution < 1.29 is 92.0 Å². The fourth-order valence-electron chi connectivity index (χ4n) is 16.2. The number of nitrogens with one attached hydrogen (secondary N) is 19. The summed E-state index contributed by atoms with van der Waals surface area (Å²) < 4.78 is 0. The number of aromatic amines is 2. The zero-order valence-corrected chi connectivity index (χ0v) is 86.1. The molecule has 0 fully saturated rings. The number of carbonyl (C=O) groups is 16. The molecular weight excluding hydrogens is 1900 g/mol. The van der Waals surface area contributed by atoms with Crippen LogP contribution in [0.2, 0.25) is 0 Å². The molecule has 43 heteroatoms. The zero-order valence-electron chi connectivity index (χ0n) is 85.3. The van der Waals surface area contributed by atoms with Crippen LogP contribution in [0.15, 0.2) is 134 Å². The van der Waals surface area contributed by atoms with Gasteiger partial charge in [0.15, 0.2) is 5.96 Å². The van der Waals surface area contributed by atoms with Gasteiger partial charge in [-0.2, -0.15) is 11.8 Å². The lowest BCUT2D eigenvalue weighted by Crippen LogP contribution is -2.62. The molecule has 2 heterocycles. The van der Waals surface area contributed by atoms with Gasteiger partial charge in [0.2, 0.25) is 94.5 Å². The van der Waals surface area contributed by atoms with Crippen LogP contribution in [0.25, 0.3) is 21.8 Å². The van der Waals surface area contributed by atoms with Crippen molar-refractivity contribution >= 4 is 134 Å². The second-order valence-electron chi connectivity index (χ2n) is 38.3. The standard InChI is InChI=1S/C103H149N23O19S/c1-14-58(9)86(101(144)123-78(45-55(3)4)96(139)116-74(27-20-21-42-104)91(134)115-75(28-22-43-109-103(107)108)92(135)118-77(88(106)131)50-65-52-110-72-25-18-16-23-70(65)72)125-84(130)54-112-89(132)60(11)113-95(138)83(51-66-53-111-73-26-19-17-24-71(66)73)121-97(140)79(46-56(5)6)124-102(145)87(59(10)15-2)126-99(142)82(49-64-33-39-69(129)40-34-64)120-93(136)76(41-44-146-13)117-98(141)81(48-63-31-37-68(128)38-32-63)119-90(133)61(12)114-94(137)80(122-100(143)85(105)57(7)8)47-62-29-35-67(127)36-30-62/h16-19,23-26,29-40,52-53,55-61,74-83,85-87,110-111,127-129H,14-15,20-22,27-28,41-51,54,104-105H2,1-13H3,(H2,106,131)(H,112,132)(H,113,138)(H,114,137)(H,115,134)(H,116,139)(H,117,141)(H,118,135)(H,119,133)(H,120,136)(H,121,140)(H,122,143)(H,123,144)(H,124,145)(H,125,130)(H,126,142)(H4,107,108,109)/t58-,59-,60-,61-,74-,75-,76-,77-,78-,79-,80-,81-,82-,83-,85-,86-,87-/m0/s1. The van der Waals surface area contributed by atoms with E-state index in [0.29, 0.717) is 58.0 Å². The number of phenols is 3. The van der Waals surface area contributed by atoms with Crippen LogP contribution < -0.4 is 108 Å². The predicted molar refractivity (Wildman–Crippen MR) is 556 cm³/mol. The summed E-state index contributed by atoms with van der Waals surface area (Å²) in [7, 11) is 0. The quantitative estimate of drug-likeness (QED) is 0.0147. The van der Waals surface area contributed by atoms with Gasteiger partial charge in [0.1, 0.15) is 102 Å². The number of benzene rings is 5. The largest absolute Gasteiger partial charge is 0.508 e. The number of phenolic OH excluding ortho intramolecular Hbond substituents is 3. The van der Waals surface area contributed by atoms with E-state index in [1.54, 1.807) is 124 Å². The third-order valence-corrected chi connectivity index (χ3v) is 25.8. The summed E-state index contributed by atoms with van der Waals surface area (Å²) in [5.41, 5.74) is 27.6. The summed E-state index contributed by atoms with van der Waals surface area (Å²) in [6.45, 7) is 19.8. The Morgan fingerprint density at radius 1 is 0.370 bits per heavy atom. The number of hydrogen-bond donors (Lipinski definition) is 26. The third kappa shape index (κ3) is 38.3. The van der Waals surface area contributed by atoms with Crippen LogP contribution in [0.4, 0.5) is 0 Å². The molecule has 0 unspecified atom stereocenters. The Hall–Kier alpha value is -14.4. The Morgan fingerprint density at radius 3 is 1.12 bits per heavy atom. The first-order valence-corrected chi connectivity index (χ1v) is 51.0. The molecule has 796 valence electrons. The van der Waals surface area contributed by atoms with E-state index in [-0.39, 0.29) is 137 Å². The summed E-state index contributed by atoms with van der Waals surface area (Å²) in [5, 5.41) is 83.1. The maximum Gasteiger partial charge on any atom is 0.243 e. The number of primary amides is 1. The van der Waals surface area contributed by atoms with Crippen LogP contribution in [0.1, 0.15) is 175 Å². The maximum absolute atomic E-state index is 15.2. The molecule has 0 bridgehead atoms. The topological polar surface area (TPSA) is 686 Å². The molecule has 0 saturated heterocycles. The summed E-state index contributed by atoms with van der Waals surface area (Å²) in [6.07, 6.45) is 5.87. The molecule has 0 aliphatic heterocycles. The molecule has 0 radical (unpaired) electrons. The zero-order chi connectivity index (χ0) is 108. The minimum Gasteiger partial charge on any atom is -0.508 e. The SMILES string of the molecule is CC[C@H](C)[C@H](NC(=O)CNC(=O)[C@H](C)NC(=O)[C@H](Cc1c[nH]c2ccccc12)NC(=O)[C@H](CC(C)C)NC(=O)[C@@H](NC(=O)[C@H](Cc1ccc(O)cc1)NC(=O)[C@H](CCSC)NC(=O)[C@H](Cc1ccc(O)cc1)NC(=O)[C@H](C)NC(=O)[C@H](Cc1ccc(O)cc1)NC(=O)[C@@H](N)C(C)C)[C@@H](C)CC)C(=O)N[C@@H](CC(C)C)C(=O)N[C@@H](CCCCN)C(=O)N[C@@H](CCCNC(=N)N)C(=O)N[C@@H](Cc1c[nH]c2ccccc12)C(N)=O. The average Bonchev–Trinajstić information content (AvgIpc) is 1.72. The number of amides is 16. The van der Waals surface area contributed by atoms with E-state index in [0.717, 1.165) is 10.9 Å². The Labute approximate surface area is 855 Å². The van der Waals surface area contributed by atoms with Gasteiger partial charge in [0.25, 0.3) is 0 Å². The Balaban J connectivity index is 1.05. The minimum absolute atomic E-state index is 0.000847. The summed E-state index contributed by atoms with van der Waals surface area (Å²) in [6, 6.07) is 11.6. The number of nitrogens with two attached hydrogens (primary N) is 4. The van der Waals surface area contributed by atoms with E-state index in [4.69, 9.17) is 28.3 Å². The van der Waals surface area contributed by atoms with E-state index in [9.17, 15) is 72.9 Å². The Kier molecular flexibility index (Phi) is 48.1. The highest BCUT2D eigenvalue weighted by Gasteiger charge is 2.40. The molecule has 30 N–H and O–H groups in total. The van der Waals surface area contributed by atoms with Crippen LogP contribution in [0.3, 0.4) is 0 Å². The number of aromatic hydroxyl groups is 3. The molecule has 0 saturated carbocycles. The molecule has 0 aliphatic rings. The number of unbranched alkanes of at least 4 members (excludes halogenated alkanes) is 1. The highest BCUT2D eigenvalue weighted by molar-refractivity contribution is 7.98. The number of rotatable bonds is 61. The van der Waals surface area contributed by atoms with Crippen LogP contribution >= 0.6 is 11.8 Å². The van der Waals surface area contributed by atoms with Crippen molar-refractivity contribution in [3.8, 4) is 17.2 Å². The number of carbonyl (C=O) groups excluding carboxylic acids is 16. The lowest BCUT2D eigenvalue weighted by atomic mass is 9.95. The second kappa shape index (κ2) is 59.2. The van der Waals surface area contributed by atoms with Crippen molar-refractivity contribution in [3.05, 3.63) is 162 Å². The maximum atomic E-state index is 15.2. The summed E-state index contributed by atoms with van der Waals surface area (Å²) in [4.78, 5) is 238. The second-order valence-corrected chi connectivity index (χ2v) is 39.3. The molecule has 16 amide bonds. The predicted octanol–water partition coefficient (Wildman–Crippen LogP) is 2.02. The smallest absolute Gasteiger partial charge is 0.243 e. The van der Waals surface area contributed by atoms with Gasteiger partial charge in [-0.1, -0.05) is 155 Å². The Morgan fingerprint density at radius 2 is 0.712 bits per heavy atom. The first-order valence-electron chi connectivity index (χ1n) is 49.6. The van der Waals surface area contributed by atoms with Crippen molar-refractivity contribution in [1.82, 2.24) is 95.0 Å². The van der Waals surface area contributed by atoms with E-state index in [2.05, 4.69) is 95.0 Å². The molecule has 7 aromatic rings. The van der Waals surface area contributed by atoms with Crippen molar-refractivity contribution in [2.45, 2.75) is 270 Å². The molecule has 146 heavy (non-hydrogen) atoms. The molecule has 2 aromatic heterocycles. The Bertz CT molecular complexity index is 5570. The number of hydrogen-bond acceptors (Lipinski definition) is 23. The number of aromatic nitrogens is 2. The lowest BCUT2D eigenvalue weighted by Gasteiger charge is -2.30. The van der Waals surface area contributed by atoms with Crippen molar-refractivity contribution in [2.24, 2.45) is 52.5 Å². The lowest BCUT2D eigenvalue weighted by molar-refractivity contribution is -0.136. The van der Waals surface area contributed by atoms with Gasteiger partial charge < -0.3 is 133 Å². The number of fused-ring (bicyclic) bond motifs is 2. The first-order chi connectivity index (χ1) is 69.3. The van der Waals surface area contributed by atoms with Crippen molar-refractivity contribution in [3.63, 3.8) is 0 Å². The highest BCUT2D eigenvalue weighted by Crippen LogP contribution is 2.25. The first kappa shape index (κ1) is 119. The molecule has 0 aliphatic carbocycles. The fraction of sp³-hybridized carbons (Fsp3) is 0.505. The van der Waals surface area contributed by atoms with Gasteiger partial charge in [-0.3, -0.25) is 82.1 Å². The molecule has 42 nitrogen and oxygen atoms in total. The molecule has 5 aromatic carbocycles. The van der Waals surface area contributed by atoms with Gasteiger partial charge in [0, 0.05) is 72.8 Å². The van der Waals surface area contributed by atoms with E-state index >= 15 is 19.2 Å². The molecule has 0 spiro atoms. The van der Waals surface area contributed by atoms with E-state index < -0.39 is 204 Å². The van der Waals surface area contributed by atoms with Crippen molar-refractivity contribution in [1.29, 1.82) is 5.41 Å². The summed E-state index contributed by atoms with van der Waals surface area (Å²) >= 11 is 1.32. The van der Waals surface area contributed by atoms with E-state index in [1.165, 1.54) is 86.3 Å². The van der Waals surface area contributed by atoms with Gasteiger partial charge in [0.05, 0.1) is 12.6 Å². The number of H-pyrrole nitrogens is 2. The monoisotopic (exact) mass is 2040 g/mol. The van der Waals surface area contributed by atoms with Crippen LogP contribution in [-0.2, 0) is 109 Å². The van der Waals surface area contributed by atoms with Gasteiger partial charge in [-0.25, -0.2) is 0 Å². The van der Waals surface area contributed by atoms with Crippen LogP contribution in [-0.4, -0.2) is 248 Å². The molecular formula is C103H149N23O19S. The number of guanidine groups is 1. The molecule has 17 atom stereocenters. The van der Waals surface area contributed by atoms with Gasteiger partial charge in [-0.05, 0) is 190 Å². The van der Waals surface area contributed by atoms with Crippen molar-refractivity contribution in [2.75, 3.05) is 31.6 Å². The van der Waals surface area contributed by atoms with E-state index in [1.807, 2.05) is 24.3 Å².